The number of nitrogens with one attached hydrogen (secondary N) is 1. The highest BCUT2D eigenvalue weighted by Crippen LogP contribution is 2.32. The number of halogens is 2. The van der Waals surface area contributed by atoms with E-state index in [2.05, 4.69) is 28.3 Å². The molecule has 0 saturated heterocycles. The molecule has 4 heteroatoms. The summed E-state index contributed by atoms with van der Waals surface area (Å²) in [6, 6.07) is 5.29. The first kappa shape index (κ1) is 14.9. The number of rotatable bonds is 4. The summed E-state index contributed by atoms with van der Waals surface area (Å²) in [5.74, 6) is 6.89. The van der Waals surface area contributed by atoms with Crippen LogP contribution in [0.4, 0.5) is 4.39 Å². The standard InChI is InChI=1S/C15H22BrFN2/c1-10-3-2-4-12(5-10)15(19-18)8-11-6-13(16)9-14(17)7-11/h6-7,9-10,12,15,19H,2-5,8,18H2,1H3. The van der Waals surface area contributed by atoms with Crippen molar-refractivity contribution in [3.05, 3.63) is 34.1 Å². The van der Waals surface area contributed by atoms with Crippen molar-refractivity contribution in [1.82, 2.24) is 5.43 Å². The summed E-state index contributed by atoms with van der Waals surface area (Å²) in [6.07, 6.45) is 5.81. The van der Waals surface area contributed by atoms with E-state index in [4.69, 9.17) is 5.84 Å². The van der Waals surface area contributed by atoms with E-state index in [1.165, 1.54) is 31.7 Å². The Labute approximate surface area is 123 Å². The van der Waals surface area contributed by atoms with Gasteiger partial charge in [-0.15, -0.1) is 0 Å². The van der Waals surface area contributed by atoms with Crippen molar-refractivity contribution in [3.8, 4) is 0 Å². The molecule has 1 aromatic carbocycles. The predicted molar refractivity (Wildman–Crippen MR) is 80.0 cm³/mol. The molecule has 19 heavy (non-hydrogen) atoms. The van der Waals surface area contributed by atoms with Gasteiger partial charge in [-0.05, 0) is 54.9 Å². The highest BCUT2D eigenvalue weighted by atomic mass is 79.9. The Kier molecular flexibility index (Phi) is 5.37. The van der Waals surface area contributed by atoms with Gasteiger partial charge in [0.15, 0.2) is 0 Å². The number of hydrazine groups is 1. The van der Waals surface area contributed by atoms with Gasteiger partial charge in [-0.25, -0.2) is 4.39 Å². The van der Waals surface area contributed by atoms with Crippen LogP contribution >= 0.6 is 15.9 Å². The molecule has 0 radical (unpaired) electrons. The maximum absolute atomic E-state index is 13.4. The molecule has 0 amide bonds. The van der Waals surface area contributed by atoms with Gasteiger partial charge >= 0.3 is 0 Å². The molecule has 1 aromatic rings. The summed E-state index contributed by atoms with van der Waals surface area (Å²) in [5, 5.41) is 0. The first-order valence-electron chi connectivity index (χ1n) is 6.99. The van der Waals surface area contributed by atoms with Crippen molar-refractivity contribution in [2.75, 3.05) is 0 Å². The molecule has 0 bridgehead atoms. The molecule has 1 aliphatic rings. The summed E-state index contributed by atoms with van der Waals surface area (Å²) < 4.78 is 14.2. The summed E-state index contributed by atoms with van der Waals surface area (Å²) >= 11 is 3.34. The lowest BCUT2D eigenvalue weighted by Crippen LogP contribution is -2.44. The smallest absolute Gasteiger partial charge is 0.124 e. The lowest BCUT2D eigenvalue weighted by molar-refractivity contribution is 0.222. The second kappa shape index (κ2) is 6.82. The summed E-state index contributed by atoms with van der Waals surface area (Å²) in [5.41, 5.74) is 3.94. The predicted octanol–water partition coefficient (Wildman–Crippen LogP) is 3.79. The van der Waals surface area contributed by atoms with Crippen molar-refractivity contribution in [1.29, 1.82) is 0 Å². The molecule has 106 valence electrons. The maximum atomic E-state index is 13.4. The molecule has 0 spiro atoms. The SMILES string of the molecule is CC1CCCC(C(Cc2cc(F)cc(Br)c2)NN)C1. The van der Waals surface area contributed by atoms with E-state index >= 15 is 0 Å². The van der Waals surface area contributed by atoms with Crippen molar-refractivity contribution in [2.24, 2.45) is 17.7 Å². The van der Waals surface area contributed by atoms with Crippen LogP contribution in [0.1, 0.15) is 38.2 Å². The van der Waals surface area contributed by atoms with Gasteiger partial charge in [0.05, 0.1) is 0 Å². The van der Waals surface area contributed by atoms with Crippen LogP contribution < -0.4 is 11.3 Å². The second-order valence-corrected chi connectivity index (χ2v) is 6.70. The van der Waals surface area contributed by atoms with Crippen LogP contribution in [-0.2, 0) is 6.42 Å². The topological polar surface area (TPSA) is 38.0 Å². The zero-order valence-corrected chi connectivity index (χ0v) is 12.9. The Hall–Kier alpha value is -0.450. The van der Waals surface area contributed by atoms with E-state index in [9.17, 15) is 4.39 Å². The fourth-order valence-corrected chi connectivity index (χ4v) is 3.70. The summed E-state index contributed by atoms with van der Waals surface area (Å²) in [7, 11) is 0. The van der Waals surface area contributed by atoms with Crippen LogP contribution in [-0.4, -0.2) is 6.04 Å². The molecule has 1 saturated carbocycles. The molecule has 1 aliphatic carbocycles. The van der Waals surface area contributed by atoms with E-state index in [0.29, 0.717) is 5.92 Å². The third kappa shape index (κ3) is 4.26. The van der Waals surface area contributed by atoms with E-state index in [1.807, 2.05) is 6.07 Å². The van der Waals surface area contributed by atoms with Gasteiger partial charge in [-0.2, -0.15) is 0 Å². The monoisotopic (exact) mass is 328 g/mol. The minimum atomic E-state index is -0.197. The zero-order valence-electron chi connectivity index (χ0n) is 11.3. The molecule has 0 heterocycles. The highest BCUT2D eigenvalue weighted by Gasteiger charge is 2.26. The van der Waals surface area contributed by atoms with Gasteiger partial charge in [-0.3, -0.25) is 11.3 Å². The Morgan fingerprint density at radius 1 is 1.42 bits per heavy atom. The number of nitrogens with two attached hydrogens (primary N) is 1. The number of hydrogen-bond donors (Lipinski definition) is 2. The molecule has 0 aliphatic heterocycles. The minimum Gasteiger partial charge on any atom is -0.271 e. The van der Waals surface area contributed by atoms with E-state index in [1.54, 1.807) is 6.07 Å². The molecule has 3 unspecified atom stereocenters. The molecule has 2 rings (SSSR count). The van der Waals surface area contributed by atoms with Crippen molar-refractivity contribution < 1.29 is 4.39 Å². The van der Waals surface area contributed by atoms with Gasteiger partial charge in [0, 0.05) is 10.5 Å². The van der Waals surface area contributed by atoms with Gasteiger partial charge < -0.3 is 0 Å². The minimum absolute atomic E-state index is 0.197. The Balaban J connectivity index is 2.05. The van der Waals surface area contributed by atoms with Crippen LogP contribution in [0.25, 0.3) is 0 Å². The first-order chi connectivity index (χ1) is 9.08. The average Bonchev–Trinajstić information content (AvgIpc) is 2.34. The van der Waals surface area contributed by atoms with E-state index in [-0.39, 0.29) is 11.9 Å². The normalized spacial score (nSPS) is 25.3. The van der Waals surface area contributed by atoms with E-state index < -0.39 is 0 Å². The van der Waals surface area contributed by atoms with Gasteiger partial charge in [-0.1, -0.05) is 35.7 Å². The van der Waals surface area contributed by atoms with Gasteiger partial charge in [0.2, 0.25) is 0 Å². The fraction of sp³-hybridized carbons (Fsp3) is 0.600. The first-order valence-corrected chi connectivity index (χ1v) is 7.79. The molecular formula is C15H22BrFN2. The Morgan fingerprint density at radius 3 is 2.84 bits per heavy atom. The summed E-state index contributed by atoms with van der Waals surface area (Å²) in [4.78, 5) is 0. The quantitative estimate of drug-likeness (QED) is 0.651. The summed E-state index contributed by atoms with van der Waals surface area (Å²) in [6.45, 7) is 2.30. The van der Waals surface area contributed by atoms with Gasteiger partial charge in [0.25, 0.3) is 0 Å². The lowest BCUT2D eigenvalue weighted by atomic mass is 9.77. The van der Waals surface area contributed by atoms with E-state index in [0.717, 1.165) is 22.4 Å². The molecule has 3 N–H and O–H groups in total. The van der Waals surface area contributed by atoms with Gasteiger partial charge in [0.1, 0.15) is 5.82 Å². The average molecular weight is 329 g/mol. The molecule has 1 fully saturated rings. The van der Waals surface area contributed by atoms with Crippen molar-refractivity contribution >= 4 is 15.9 Å². The van der Waals surface area contributed by atoms with Crippen molar-refractivity contribution in [3.63, 3.8) is 0 Å². The van der Waals surface area contributed by atoms with Crippen molar-refractivity contribution in [2.45, 2.75) is 45.1 Å². The highest BCUT2D eigenvalue weighted by molar-refractivity contribution is 9.10. The Bertz CT molecular complexity index is 404. The molecule has 2 nitrogen and oxygen atoms in total. The fourth-order valence-electron chi connectivity index (χ4n) is 3.19. The Morgan fingerprint density at radius 2 is 2.21 bits per heavy atom. The van der Waals surface area contributed by atoms with Crippen LogP contribution in [0, 0.1) is 17.7 Å². The van der Waals surface area contributed by atoms with Crippen LogP contribution in [0.15, 0.2) is 22.7 Å². The van der Waals surface area contributed by atoms with Crippen LogP contribution in [0.3, 0.4) is 0 Å². The molecular weight excluding hydrogens is 307 g/mol. The second-order valence-electron chi connectivity index (χ2n) is 5.79. The number of benzene rings is 1. The van der Waals surface area contributed by atoms with Crippen LogP contribution in [0.5, 0.6) is 0 Å². The lowest BCUT2D eigenvalue weighted by Gasteiger charge is -2.33. The zero-order chi connectivity index (χ0) is 13.8. The number of hydrogen-bond acceptors (Lipinski definition) is 2. The molecule has 3 atom stereocenters. The third-order valence-electron chi connectivity index (χ3n) is 4.14. The largest absolute Gasteiger partial charge is 0.271 e. The molecule has 0 aromatic heterocycles. The maximum Gasteiger partial charge on any atom is 0.124 e. The third-order valence-corrected chi connectivity index (χ3v) is 4.60. The van der Waals surface area contributed by atoms with Crippen LogP contribution in [0.2, 0.25) is 0 Å².